The highest BCUT2D eigenvalue weighted by Crippen LogP contribution is 2.34. The third kappa shape index (κ3) is 6.61. The molecule has 0 aliphatic carbocycles. The fourth-order valence-electron chi connectivity index (χ4n) is 5.10. The van der Waals surface area contributed by atoms with Crippen LogP contribution in [0.25, 0.3) is 0 Å². The Labute approximate surface area is 247 Å². The van der Waals surface area contributed by atoms with Crippen LogP contribution in [0.2, 0.25) is 0 Å². The molecule has 0 spiro atoms. The van der Waals surface area contributed by atoms with E-state index in [1.807, 2.05) is 60.7 Å². The second-order valence-corrected chi connectivity index (χ2v) is 17.7. The lowest BCUT2D eigenvalue weighted by molar-refractivity contribution is 0.219. The molecular weight excluding hydrogens is 597 g/mol. The maximum absolute atomic E-state index is 14.2. The number of sulfonamides is 2. The fraction of sp³-hybridized carbons (Fsp3) is 0.200. The third-order valence-electron chi connectivity index (χ3n) is 7.10. The summed E-state index contributed by atoms with van der Waals surface area (Å²) in [6, 6.07) is 32.2. The van der Waals surface area contributed by atoms with Gasteiger partial charge in [-0.05, 0) is 46.6 Å². The number of hydrogen-bond acceptors (Lipinski definition) is 6. The van der Waals surface area contributed by atoms with Crippen LogP contribution in [0.5, 0.6) is 0 Å². The lowest BCUT2D eigenvalue weighted by Gasteiger charge is -2.37. The van der Waals surface area contributed by atoms with Crippen LogP contribution in [-0.4, -0.2) is 53.2 Å². The second-order valence-electron chi connectivity index (χ2n) is 9.91. The first-order chi connectivity index (χ1) is 19.6. The van der Waals surface area contributed by atoms with Crippen LogP contribution in [-0.2, 0) is 52.8 Å². The number of nitrogens with zero attached hydrogens (tertiary/aromatic N) is 2. The highest BCUT2D eigenvalue weighted by atomic mass is 32.8. The molecule has 4 aromatic carbocycles. The molecule has 214 valence electrons. The van der Waals surface area contributed by atoms with Crippen LogP contribution in [0, 0.1) is 0 Å². The monoisotopic (exact) mass is 626 g/mol. The van der Waals surface area contributed by atoms with Crippen LogP contribution in [0.1, 0.15) is 11.1 Å². The van der Waals surface area contributed by atoms with E-state index >= 15 is 0 Å². The molecule has 1 aliphatic rings. The number of rotatable bonds is 10. The lowest BCUT2D eigenvalue weighted by Crippen LogP contribution is -2.54. The fourth-order valence-corrected chi connectivity index (χ4v) is 11.4. The second kappa shape index (κ2) is 12.1. The van der Waals surface area contributed by atoms with Gasteiger partial charge < -0.3 is 0 Å². The maximum Gasteiger partial charge on any atom is 0.243 e. The zero-order valence-corrected chi connectivity index (χ0v) is 25.4. The minimum Gasteiger partial charge on any atom is -0.257 e. The minimum atomic E-state index is -4.14. The first-order valence-corrected chi connectivity index (χ1v) is 18.7. The Morgan fingerprint density at radius 3 is 1.17 bits per heavy atom. The molecule has 1 heterocycles. The molecular formula is C30H30N2O5S4. The Morgan fingerprint density at radius 1 is 0.561 bits per heavy atom. The molecule has 1 saturated heterocycles. The SMILES string of the molecule is O=S(=O)(c1ccccc1)N(Cc1ccccc1)[C@@H]1CS(=O)(=S)C[C@H]1N(Cc1ccccc1)S(=O)(=O)c1ccccc1. The third-order valence-corrected chi connectivity index (χ3v) is 13.4. The van der Waals surface area contributed by atoms with Gasteiger partial charge in [0.1, 0.15) is 0 Å². The summed E-state index contributed by atoms with van der Waals surface area (Å²) < 4.78 is 73.1. The van der Waals surface area contributed by atoms with Gasteiger partial charge in [-0.3, -0.25) is 4.21 Å². The summed E-state index contributed by atoms with van der Waals surface area (Å²) in [5, 5.41) is 0. The topological polar surface area (TPSA) is 91.8 Å². The van der Waals surface area contributed by atoms with Gasteiger partial charge in [-0.15, -0.1) is 0 Å². The summed E-state index contributed by atoms with van der Waals surface area (Å²) >= 11 is 5.49. The lowest BCUT2D eigenvalue weighted by atomic mass is 10.1. The molecule has 11 heteroatoms. The summed E-state index contributed by atoms with van der Waals surface area (Å²) in [6.07, 6.45) is 0. The van der Waals surface area contributed by atoms with Crippen molar-refractivity contribution < 1.29 is 21.0 Å². The van der Waals surface area contributed by atoms with E-state index in [4.69, 9.17) is 11.2 Å². The smallest absolute Gasteiger partial charge is 0.243 e. The molecule has 0 unspecified atom stereocenters. The molecule has 41 heavy (non-hydrogen) atoms. The van der Waals surface area contributed by atoms with E-state index in [0.29, 0.717) is 11.1 Å². The van der Waals surface area contributed by atoms with Crippen LogP contribution in [0.15, 0.2) is 131 Å². The van der Waals surface area contributed by atoms with Crippen molar-refractivity contribution in [1.82, 2.24) is 8.61 Å². The first-order valence-electron chi connectivity index (χ1n) is 13.0. The van der Waals surface area contributed by atoms with Crippen LogP contribution in [0.4, 0.5) is 0 Å². The Bertz CT molecular complexity index is 1660. The maximum atomic E-state index is 14.2. The molecule has 0 amide bonds. The van der Waals surface area contributed by atoms with E-state index in [2.05, 4.69) is 0 Å². The normalized spacial score (nSPS) is 19.0. The van der Waals surface area contributed by atoms with Gasteiger partial charge in [-0.25, -0.2) is 16.8 Å². The molecule has 0 N–H and O–H groups in total. The number of hydrogen-bond donors (Lipinski definition) is 0. The molecule has 1 fully saturated rings. The van der Waals surface area contributed by atoms with Gasteiger partial charge in [0.2, 0.25) is 20.0 Å². The summed E-state index contributed by atoms with van der Waals surface area (Å²) in [5.41, 5.74) is 1.43. The molecule has 0 aromatic heterocycles. The molecule has 0 radical (unpaired) electrons. The van der Waals surface area contributed by atoms with Crippen LogP contribution < -0.4 is 0 Å². The van der Waals surface area contributed by atoms with Crippen molar-refractivity contribution in [3.8, 4) is 0 Å². The van der Waals surface area contributed by atoms with Gasteiger partial charge in [0.25, 0.3) is 0 Å². The molecule has 5 rings (SSSR count). The standard InChI is InChI=1S/C30H30N2O5S4/c33-39(38)23-29(31(21-25-13-5-1-6-14-25)40(34,35)27-17-9-3-10-18-27)30(24-39)32(22-26-15-7-2-8-16-26)41(36,37)28-19-11-4-12-20-28/h1-20,29-30H,21-24H2/t29-,30-/m1/s1. The zero-order valence-electron chi connectivity index (χ0n) is 22.1. The van der Waals surface area contributed by atoms with E-state index < -0.39 is 40.6 Å². The van der Waals surface area contributed by atoms with Gasteiger partial charge in [0, 0.05) is 33.1 Å². The summed E-state index contributed by atoms with van der Waals surface area (Å²) in [4.78, 5) is 0.135. The van der Waals surface area contributed by atoms with Crippen molar-refractivity contribution in [2.45, 2.75) is 35.0 Å². The van der Waals surface area contributed by atoms with E-state index in [-0.39, 0.29) is 34.4 Å². The quantitative estimate of drug-likeness (QED) is 0.261. The van der Waals surface area contributed by atoms with Gasteiger partial charge in [0.05, 0.1) is 21.9 Å². The Balaban J connectivity index is 1.67. The summed E-state index contributed by atoms with van der Waals surface area (Å²) in [6.45, 7) is -0.0662. The minimum absolute atomic E-state index is 0.0331. The van der Waals surface area contributed by atoms with Crippen molar-refractivity contribution in [2.24, 2.45) is 0 Å². The zero-order chi connectivity index (χ0) is 29.1. The Hall–Kier alpha value is -2.93. The van der Waals surface area contributed by atoms with Crippen molar-refractivity contribution >= 4 is 39.7 Å². The van der Waals surface area contributed by atoms with Crippen molar-refractivity contribution in [1.29, 1.82) is 0 Å². The summed E-state index contributed by atoms with van der Waals surface area (Å²) in [5.74, 6) is -0.275. The highest BCUT2D eigenvalue weighted by molar-refractivity contribution is 8.33. The van der Waals surface area contributed by atoms with E-state index in [9.17, 15) is 21.0 Å². The molecule has 4 aromatic rings. The highest BCUT2D eigenvalue weighted by Gasteiger charge is 2.49. The molecule has 1 aliphatic heterocycles. The van der Waals surface area contributed by atoms with Crippen molar-refractivity contribution in [3.05, 3.63) is 132 Å². The molecule has 7 nitrogen and oxygen atoms in total. The average molecular weight is 627 g/mol. The number of benzene rings is 4. The van der Waals surface area contributed by atoms with Gasteiger partial charge in [-0.1, -0.05) is 97.1 Å². The largest absolute Gasteiger partial charge is 0.257 e. The predicted octanol–water partition coefficient (Wildman–Crippen LogP) is 4.27. The van der Waals surface area contributed by atoms with Crippen LogP contribution >= 0.6 is 0 Å². The van der Waals surface area contributed by atoms with Crippen molar-refractivity contribution in [3.63, 3.8) is 0 Å². The Morgan fingerprint density at radius 2 is 0.854 bits per heavy atom. The van der Waals surface area contributed by atoms with Gasteiger partial charge in [-0.2, -0.15) is 8.61 Å². The molecule has 2 atom stereocenters. The van der Waals surface area contributed by atoms with Crippen molar-refractivity contribution in [2.75, 3.05) is 11.5 Å². The predicted molar refractivity (Wildman–Crippen MR) is 164 cm³/mol. The Kier molecular flexibility index (Phi) is 8.74. The van der Waals surface area contributed by atoms with Crippen LogP contribution in [0.3, 0.4) is 0 Å². The molecule has 0 bridgehead atoms. The van der Waals surface area contributed by atoms with E-state index in [1.54, 1.807) is 36.4 Å². The molecule has 0 saturated carbocycles. The van der Waals surface area contributed by atoms with Gasteiger partial charge in [0.15, 0.2) is 0 Å². The van der Waals surface area contributed by atoms with Gasteiger partial charge >= 0.3 is 0 Å². The van der Waals surface area contributed by atoms with E-state index in [1.165, 1.54) is 32.9 Å². The summed E-state index contributed by atoms with van der Waals surface area (Å²) in [7, 11) is -11.3. The average Bonchev–Trinajstić information content (AvgIpc) is 3.30. The first kappa shape index (κ1) is 29.6. The van der Waals surface area contributed by atoms with E-state index in [0.717, 1.165) is 0 Å².